The van der Waals surface area contributed by atoms with Crippen molar-refractivity contribution in [2.24, 2.45) is 7.05 Å². The van der Waals surface area contributed by atoms with Crippen molar-refractivity contribution < 1.29 is 4.42 Å². The number of benzene rings is 1. The molecule has 2 aromatic rings. The summed E-state index contributed by atoms with van der Waals surface area (Å²) in [6, 6.07) is 5.93. The third-order valence-corrected chi connectivity index (χ3v) is 2.93. The van der Waals surface area contributed by atoms with Crippen LogP contribution in [0.25, 0.3) is 11.1 Å². The number of rotatable bonds is 3. The lowest BCUT2D eigenvalue weighted by molar-refractivity contribution is 0.429. The summed E-state index contributed by atoms with van der Waals surface area (Å²) in [5.41, 5.74) is 2.81. The maximum atomic E-state index is 11.4. The summed E-state index contributed by atoms with van der Waals surface area (Å²) < 4.78 is 6.69. The van der Waals surface area contributed by atoms with Crippen LogP contribution in [0.3, 0.4) is 0 Å². The Kier molecular flexibility index (Phi) is 3.30. The van der Waals surface area contributed by atoms with Crippen LogP contribution < -0.4 is 11.1 Å². The van der Waals surface area contributed by atoms with Gasteiger partial charge in [0, 0.05) is 12.6 Å². The predicted molar refractivity (Wildman–Crippen MR) is 72.9 cm³/mol. The first-order chi connectivity index (χ1) is 8.37. The molecule has 18 heavy (non-hydrogen) atoms. The van der Waals surface area contributed by atoms with Crippen molar-refractivity contribution in [1.29, 1.82) is 0 Å². The van der Waals surface area contributed by atoms with E-state index < -0.39 is 0 Å². The van der Waals surface area contributed by atoms with Crippen LogP contribution in [0.15, 0.2) is 27.4 Å². The average Bonchev–Trinajstić information content (AvgIpc) is 2.53. The van der Waals surface area contributed by atoms with E-state index in [2.05, 4.69) is 26.1 Å². The van der Waals surface area contributed by atoms with Gasteiger partial charge < -0.3 is 9.73 Å². The molecule has 0 radical (unpaired) electrons. The van der Waals surface area contributed by atoms with Crippen molar-refractivity contribution in [1.82, 2.24) is 9.88 Å². The van der Waals surface area contributed by atoms with Crippen molar-refractivity contribution in [2.45, 2.75) is 32.7 Å². The van der Waals surface area contributed by atoms with Gasteiger partial charge >= 0.3 is 5.76 Å². The molecule has 4 heteroatoms. The molecule has 1 heterocycles. The summed E-state index contributed by atoms with van der Waals surface area (Å²) in [5.74, 6) is -0.310. The third kappa shape index (κ3) is 2.82. The molecule has 0 saturated carbocycles. The highest BCUT2D eigenvalue weighted by Gasteiger charge is 2.09. The van der Waals surface area contributed by atoms with Gasteiger partial charge in [0.1, 0.15) is 0 Å². The first-order valence-corrected chi connectivity index (χ1v) is 6.20. The van der Waals surface area contributed by atoms with Gasteiger partial charge in [-0.05, 0) is 51.4 Å². The average molecular weight is 248 g/mol. The first kappa shape index (κ1) is 12.9. The minimum absolute atomic E-state index is 0.128. The molecule has 4 nitrogen and oxygen atoms in total. The van der Waals surface area contributed by atoms with E-state index in [0.29, 0.717) is 5.58 Å². The largest absolute Gasteiger partial charge is 0.419 e. The molecule has 0 unspecified atom stereocenters. The lowest BCUT2D eigenvalue weighted by atomic mass is 10.1. The number of aromatic nitrogens is 1. The summed E-state index contributed by atoms with van der Waals surface area (Å²) >= 11 is 0. The Morgan fingerprint density at radius 3 is 2.72 bits per heavy atom. The number of aryl methyl sites for hydroxylation is 1. The van der Waals surface area contributed by atoms with Gasteiger partial charge in [0.2, 0.25) is 0 Å². The van der Waals surface area contributed by atoms with Crippen LogP contribution in [0.2, 0.25) is 0 Å². The summed E-state index contributed by atoms with van der Waals surface area (Å²) in [5, 5.41) is 3.44. The molecule has 0 spiro atoms. The lowest BCUT2D eigenvalue weighted by Gasteiger charge is -2.20. The Morgan fingerprint density at radius 1 is 1.33 bits per heavy atom. The van der Waals surface area contributed by atoms with Crippen molar-refractivity contribution in [3.63, 3.8) is 0 Å². The molecule has 0 bridgehead atoms. The zero-order chi connectivity index (χ0) is 13.3. The van der Waals surface area contributed by atoms with E-state index in [4.69, 9.17) is 4.42 Å². The van der Waals surface area contributed by atoms with Gasteiger partial charge in [-0.1, -0.05) is 6.07 Å². The fourth-order valence-electron chi connectivity index (χ4n) is 1.92. The second kappa shape index (κ2) is 4.61. The highest BCUT2D eigenvalue weighted by Crippen LogP contribution is 2.14. The molecular weight excluding hydrogens is 228 g/mol. The highest BCUT2D eigenvalue weighted by atomic mass is 16.4. The number of oxazole rings is 1. The molecular formula is C14H20N2O2. The molecule has 0 saturated heterocycles. The van der Waals surface area contributed by atoms with Gasteiger partial charge in [0.25, 0.3) is 0 Å². The fourth-order valence-corrected chi connectivity index (χ4v) is 1.92. The van der Waals surface area contributed by atoms with Crippen LogP contribution >= 0.6 is 0 Å². The van der Waals surface area contributed by atoms with Crippen molar-refractivity contribution in [3.05, 3.63) is 34.3 Å². The second-order valence-electron chi connectivity index (χ2n) is 5.66. The number of hydrogen-bond donors (Lipinski definition) is 1. The van der Waals surface area contributed by atoms with Crippen LogP contribution in [0.1, 0.15) is 26.3 Å². The van der Waals surface area contributed by atoms with Gasteiger partial charge in [-0.3, -0.25) is 4.57 Å². The van der Waals surface area contributed by atoms with Crippen LogP contribution in [-0.4, -0.2) is 16.7 Å². The Balaban J connectivity index is 2.13. The van der Waals surface area contributed by atoms with E-state index in [1.807, 2.05) is 18.2 Å². The fraction of sp³-hybridized carbons (Fsp3) is 0.500. The molecule has 0 aliphatic rings. The topological polar surface area (TPSA) is 47.2 Å². The summed E-state index contributed by atoms with van der Waals surface area (Å²) in [7, 11) is 1.72. The zero-order valence-electron chi connectivity index (χ0n) is 11.4. The first-order valence-electron chi connectivity index (χ1n) is 6.20. The number of nitrogens with one attached hydrogen (secondary N) is 1. The number of hydrogen-bond acceptors (Lipinski definition) is 3. The maximum absolute atomic E-state index is 11.4. The van der Waals surface area contributed by atoms with Gasteiger partial charge in [-0.2, -0.15) is 0 Å². The second-order valence-corrected chi connectivity index (χ2v) is 5.66. The van der Waals surface area contributed by atoms with Gasteiger partial charge in [-0.15, -0.1) is 0 Å². The zero-order valence-corrected chi connectivity index (χ0v) is 11.4. The van der Waals surface area contributed by atoms with E-state index in [0.717, 1.165) is 18.5 Å². The maximum Gasteiger partial charge on any atom is 0.419 e. The molecule has 0 amide bonds. The van der Waals surface area contributed by atoms with Gasteiger partial charge in [-0.25, -0.2) is 4.79 Å². The standard InChI is InChI=1S/C14H20N2O2/c1-14(2,3)15-8-7-10-5-6-11-12(9-10)18-13(17)16(11)4/h5-6,9,15H,7-8H2,1-4H3. The SMILES string of the molecule is Cn1c(=O)oc2cc(CCNC(C)(C)C)ccc21. The Bertz CT molecular complexity index is 602. The minimum Gasteiger partial charge on any atom is -0.408 e. The molecule has 0 aliphatic heterocycles. The minimum atomic E-state index is -0.310. The van der Waals surface area contributed by atoms with E-state index in [9.17, 15) is 4.79 Å². The predicted octanol–water partition coefficient (Wildman–Crippen LogP) is 2.06. The van der Waals surface area contributed by atoms with E-state index >= 15 is 0 Å². The Morgan fingerprint density at radius 2 is 2.06 bits per heavy atom. The summed E-state index contributed by atoms with van der Waals surface area (Å²) in [4.78, 5) is 11.4. The molecule has 98 valence electrons. The Hall–Kier alpha value is -1.55. The van der Waals surface area contributed by atoms with Gasteiger partial charge in [0.05, 0.1) is 5.52 Å². The molecule has 1 aromatic carbocycles. The van der Waals surface area contributed by atoms with Crippen LogP contribution in [0.5, 0.6) is 0 Å². The number of nitrogens with zero attached hydrogens (tertiary/aromatic N) is 1. The molecule has 0 aliphatic carbocycles. The molecule has 0 atom stereocenters. The quantitative estimate of drug-likeness (QED) is 0.904. The van der Waals surface area contributed by atoms with Crippen LogP contribution in [0.4, 0.5) is 0 Å². The Labute approximate surface area is 107 Å². The van der Waals surface area contributed by atoms with Crippen molar-refractivity contribution >= 4 is 11.1 Å². The van der Waals surface area contributed by atoms with Crippen LogP contribution in [0, 0.1) is 0 Å². The summed E-state index contributed by atoms with van der Waals surface area (Å²) in [6.45, 7) is 7.34. The van der Waals surface area contributed by atoms with Crippen molar-refractivity contribution in [3.8, 4) is 0 Å². The van der Waals surface area contributed by atoms with E-state index in [1.54, 1.807) is 7.05 Å². The number of fused-ring (bicyclic) bond motifs is 1. The normalized spacial score (nSPS) is 12.2. The smallest absolute Gasteiger partial charge is 0.408 e. The molecule has 2 rings (SSSR count). The monoisotopic (exact) mass is 248 g/mol. The highest BCUT2D eigenvalue weighted by molar-refractivity contribution is 5.73. The van der Waals surface area contributed by atoms with E-state index in [1.165, 1.54) is 10.1 Å². The van der Waals surface area contributed by atoms with Crippen molar-refractivity contribution in [2.75, 3.05) is 6.54 Å². The van der Waals surface area contributed by atoms with Crippen LogP contribution in [-0.2, 0) is 13.5 Å². The lowest BCUT2D eigenvalue weighted by Crippen LogP contribution is -2.37. The van der Waals surface area contributed by atoms with E-state index in [-0.39, 0.29) is 11.3 Å². The summed E-state index contributed by atoms with van der Waals surface area (Å²) in [6.07, 6.45) is 0.922. The molecule has 1 aromatic heterocycles. The third-order valence-electron chi connectivity index (χ3n) is 2.93. The molecule has 0 fully saturated rings. The van der Waals surface area contributed by atoms with Gasteiger partial charge in [0.15, 0.2) is 5.58 Å². The molecule has 1 N–H and O–H groups in total.